The first-order valence-electron chi connectivity index (χ1n) is 6.90. The van der Waals surface area contributed by atoms with E-state index in [0.717, 1.165) is 5.69 Å². The summed E-state index contributed by atoms with van der Waals surface area (Å²) >= 11 is 0. The Balaban J connectivity index is 2.09. The second-order valence-corrected chi connectivity index (χ2v) is 5.10. The molecule has 1 N–H and O–H groups in total. The SMILES string of the molecule is CN(C)c1cccc(NC(=O)C(=O)N(C)c2ccccc2)c1. The van der Waals surface area contributed by atoms with Crippen LogP contribution < -0.4 is 15.1 Å². The zero-order valence-corrected chi connectivity index (χ0v) is 12.9. The van der Waals surface area contributed by atoms with Gasteiger partial charge in [-0.05, 0) is 30.3 Å². The summed E-state index contributed by atoms with van der Waals surface area (Å²) in [7, 11) is 5.40. The Morgan fingerprint density at radius 2 is 1.50 bits per heavy atom. The molecule has 0 aromatic heterocycles. The first-order chi connectivity index (χ1) is 10.5. The lowest BCUT2D eigenvalue weighted by atomic mass is 10.2. The van der Waals surface area contributed by atoms with E-state index in [2.05, 4.69) is 5.32 Å². The third-order valence-electron chi connectivity index (χ3n) is 3.26. The molecule has 22 heavy (non-hydrogen) atoms. The topological polar surface area (TPSA) is 52.7 Å². The highest BCUT2D eigenvalue weighted by Crippen LogP contribution is 2.18. The number of benzene rings is 2. The van der Waals surface area contributed by atoms with E-state index >= 15 is 0 Å². The van der Waals surface area contributed by atoms with Crippen molar-refractivity contribution in [1.82, 2.24) is 0 Å². The highest BCUT2D eigenvalue weighted by molar-refractivity contribution is 6.44. The summed E-state index contributed by atoms with van der Waals surface area (Å²) in [5, 5.41) is 2.63. The molecule has 0 saturated carbocycles. The molecule has 5 heteroatoms. The monoisotopic (exact) mass is 297 g/mol. The molecule has 0 unspecified atom stereocenters. The van der Waals surface area contributed by atoms with E-state index < -0.39 is 11.8 Å². The third kappa shape index (κ3) is 3.63. The van der Waals surface area contributed by atoms with Gasteiger partial charge in [-0.1, -0.05) is 24.3 Å². The number of nitrogens with one attached hydrogen (secondary N) is 1. The first-order valence-corrected chi connectivity index (χ1v) is 6.90. The molecule has 0 aliphatic rings. The van der Waals surface area contributed by atoms with Crippen LogP contribution in [0.2, 0.25) is 0 Å². The number of carbonyl (C=O) groups is 2. The van der Waals surface area contributed by atoms with E-state index in [1.807, 2.05) is 55.4 Å². The van der Waals surface area contributed by atoms with Gasteiger partial charge in [-0.2, -0.15) is 0 Å². The van der Waals surface area contributed by atoms with Crippen molar-refractivity contribution in [3.05, 3.63) is 54.6 Å². The van der Waals surface area contributed by atoms with Crippen LogP contribution >= 0.6 is 0 Å². The van der Waals surface area contributed by atoms with Crippen molar-refractivity contribution >= 4 is 28.9 Å². The van der Waals surface area contributed by atoms with Crippen molar-refractivity contribution in [2.24, 2.45) is 0 Å². The summed E-state index contributed by atoms with van der Waals surface area (Å²) in [5.74, 6) is -1.27. The van der Waals surface area contributed by atoms with Crippen molar-refractivity contribution in [2.45, 2.75) is 0 Å². The Morgan fingerprint density at radius 3 is 2.14 bits per heavy atom. The Kier molecular flexibility index (Phi) is 4.78. The Hall–Kier alpha value is -2.82. The van der Waals surface area contributed by atoms with Crippen molar-refractivity contribution in [1.29, 1.82) is 0 Å². The van der Waals surface area contributed by atoms with Crippen LogP contribution in [0.4, 0.5) is 17.1 Å². The number of nitrogens with zero attached hydrogens (tertiary/aromatic N) is 2. The number of carbonyl (C=O) groups excluding carboxylic acids is 2. The van der Waals surface area contributed by atoms with Gasteiger partial charge in [0.1, 0.15) is 0 Å². The fraction of sp³-hybridized carbons (Fsp3) is 0.176. The van der Waals surface area contributed by atoms with Crippen LogP contribution in [0, 0.1) is 0 Å². The second kappa shape index (κ2) is 6.76. The highest BCUT2D eigenvalue weighted by atomic mass is 16.2. The van der Waals surface area contributed by atoms with Crippen molar-refractivity contribution < 1.29 is 9.59 Å². The average Bonchev–Trinajstić information content (AvgIpc) is 2.54. The predicted molar refractivity (Wildman–Crippen MR) is 89.3 cm³/mol. The molecule has 0 fully saturated rings. The highest BCUT2D eigenvalue weighted by Gasteiger charge is 2.20. The molecule has 0 aliphatic carbocycles. The molecule has 0 bridgehead atoms. The number of amides is 2. The first kappa shape index (κ1) is 15.6. The molecule has 0 radical (unpaired) electrons. The van der Waals surface area contributed by atoms with Crippen LogP contribution in [-0.4, -0.2) is 33.0 Å². The van der Waals surface area contributed by atoms with E-state index in [1.54, 1.807) is 25.2 Å². The number of hydrogen-bond donors (Lipinski definition) is 1. The minimum Gasteiger partial charge on any atom is -0.378 e. The van der Waals surface area contributed by atoms with E-state index in [9.17, 15) is 9.59 Å². The minimum absolute atomic E-state index is 0.589. The summed E-state index contributed by atoms with van der Waals surface area (Å²) in [4.78, 5) is 27.5. The van der Waals surface area contributed by atoms with Gasteiger partial charge in [-0.3, -0.25) is 9.59 Å². The molecular weight excluding hydrogens is 278 g/mol. The lowest BCUT2D eigenvalue weighted by Crippen LogP contribution is -2.37. The summed E-state index contributed by atoms with van der Waals surface area (Å²) in [5.41, 5.74) is 2.21. The molecule has 2 aromatic carbocycles. The van der Waals surface area contributed by atoms with Gasteiger partial charge in [-0.25, -0.2) is 0 Å². The normalized spacial score (nSPS) is 9.95. The zero-order chi connectivity index (χ0) is 16.1. The Labute approximate surface area is 130 Å². The minimum atomic E-state index is -0.665. The molecule has 5 nitrogen and oxygen atoms in total. The standard InChI is InChI=1S/C17H19N3O2/c1-19(2)15-11-7-8-13(12-15)18-16(21)17(22)20(3)14-9-5-4-6-10-14/h4-12H,1-3H3,(H,18,21). The zero-order valence-electron chi connectivity index (χ0n) is 12.9. The van der Waals surface area contributed by atoms with E-state index in [4.69, 9.17) is 0 Å². The summed E-state index contributed by atoms with van der Waals surface area (Å²) < 4.78 is 0. The number of anilines is 3. The van der Waals surface area contributed by atoms with Gasteiger partial charge < -0.3 is 15.1 Å². The van der Waals surface area contributed by atoms with Gasteiger partial charge in [0.05, 0.1) is 0 Å². The predicted octanol–water partition coefficient (Wildman–Crippen LogP) is 2.35. The molecule has 0 spiro atoms. The fourth-order valence-electron chi connectivity index (χ4n) is 1.97. The molecule has 114 valence electrons. The smallest absolute Gasteiger partial charge is 0.316 e. The number of hydrogen-bond acceptors (Lipinski definition) is 3. The summed E-state index contributed by atoms with van der Waals surface area (Å²) in [6, 6.07) is 16.4. The van der Waals surface area contributed by atoms with Crippen LogP contribution in [0.1, 0.15) is 0 Å². The van der Waals surface area contributed by atoms with Gasteiger partial charge >= 0.3 is 11.8 Å². The van der Waals surface area contributed by atoms with E-state index in [1.165, 1.54) is 4.90 Å². The molecule has 2 amide bonds. The lowest BCUT2D eigenvalue weighted by Gasteiger charge is -2.17. The molecule has 0 heterocycles. The molecule has 0 atom stereocenters. The van der Waals surface area contributed by atoms with Gasteiger partial charge in [0.2, 0.25) is 0 Å². The molecule has 0 aliphatic heterocycles. The van der Waals surface area contributed by atoms with Crippen molar-refractivity contribution in [3.63, 3.8) is 0 Å². The van der Waals surface area contributed by atoms with Gasteiger partial charge in [-0.15, -0.1) is 0 Å². The molecular formula is C17H19N3O2. The third-order valence-corrected chi connectivity index (χ3v) is 3.26. The maximum absolute atomic E-state index is 12.2. The number of rotatable bonds is 3. The Bertz CT molecular complexity index is 669. The number of para-hydroxylation sites is 1. The number of likely N-dealkylation sites (N-methyl/N-ethyl adjacent to an activating group) is 1. The van der Waals surface area contributed by atoms with E-state index in [-0.39, 0.29) is 0 Å². The van der Waals surface area contributed by atoms with Crippen LogP contribution in [0.25, 0.3) is 0 Å². The fourth-order valence-corrected chi connectivity index (χ4v) is 1.97. The van der Waals surface area contributed by atoms with Crippen LogP contribution in [0.5, 0.6) is 0 Å². The van der Waals surface area contributed by atoms with E-state index in [0.29, 0.717) is 11.4 Å². The average molecular weight is 297 g/mol. The van der Waals surface area contributed by atoms with Gasteiger partial charge in [0.25, 0.3) is 0 Å². The van der Waals surface area contributed by atoms with Crippen LogP contribution in [-0.2, 0) is 9.59 Å². The van der Waals surface area contributed by atoms with Gasteiger partial charge in [0.15, 0.2) is 0 Å². The largest absolute Gasteiger partial charge is 0.378 e. The molecule has 2 aromatic rings. The van der Waals surface area contributed by atoms with Crippen molar-refractivity contribution in [3.8, 4) is 0 Å². The Morgan fingerprint density at radius 1 is 0.864 bits per heavy atom. The summed E-state index contributed by atoms with van der Waals surface area (Å²) in [6.45, 7) is 0. The molecule has 2 rings (SSSR count). The van der Waals surface area contributed by atoms with Crippen LogP contribution in [0.3, 0.4) is 0 Å². The maximum atomic E-state index is 12.2. The van der Waals surface area contributed by atoms with Crippen molar-refractivity contribution in [2.75, 3.05) is 36.3 Å². The molecule has 0 saturated heterocycles. The second-order valence-electron chi connectivity index (χ2n) is 5.10. The van der Waals surface area contributed by atoms with Crippen LogP contribution in [0.15, 0.2) is 54.6 Å². The lowest BCUT2D eigenvalue weighted by molar-refractivity contribution is -0.134. The maximum Gasteiger partial charge on any atom is 0.316 e. The van der Waals surface area contributed by atoms with Gasteiger partial charge in [0, 0.05) is 38.2 Å². The summed E-state index contributed by atoms with van der Waals surface area (Å²) in [6.07, 6.45) is 0. The quantitative estimate of drug-likeness (QED) is 0.885.